The standard InChI is InChI=1S/C9H11NO5/c1-2-8(11)14-5-6-15-9(12)3-4-13-7-10/h2H,1,3-6H2. The van der Waals surface area contributed by atoms with Gasteiger partial charge in [0, 0.05) is 6.08 Å². The zero-order chi connectivity index (χ0) is 11.5. The first-order valence-electron chi connectivity index (χ1n) is 4.16. The van der Waals surface area contributed by atoms with Crippen LogP contribution in [0.15, 0.2) is 12.7 Å². The number of hydrogen-bond donors (Lipinski definition) is 0. The number of ether oxygens (including phenoxy) is 3. The lowest BCUT2D eigenvalue weighted by Gasteiger charge is -2.03. The Labute approximate surface area is 87.0 Å². The van der Waals surface area contributed by atoms with E-state index in [0.29, 0.717) is 0 Å². The lowest BCUT2D eigenvalue weighted by Crippen LogP contribution is -2.13. The maximum atomic E-state index is 10.9. The van der Waals surface area contributed by atoms with Crippen LogP contribution in [-0.4, -0.2) is 31.8 Å². The van der Waals surface area contributed by atoms with Crippen molar-refractivity contribution in [2.24, 2.45) is 0 Å². The van der Waals surface area contributed by atoms with Gasteiger partial charge in [-0.15, -0.1) is 0 Å². The molecule has 0 radical (unpaired) electrons. The molecule has 0 aromatic heterocycles. The van der Waals surface area contributed by atoms with E-state index in [1.807, 2.05) is 0 Å². The summed E-state index contributed by atoms with van der Waals surface area (Å²) in [5.74, 6) is -1.08. The Balaban J connectivity index is 3.35. The molecule has 0 spiro atoms. The van der Waals surface area contributed by atoms with Gasteiger partial charge in [-0.05, 0) is 0 Å². The molecule has 0 bridgehead atoms. The van der Waals surface area contributed by atoms with E-state index in [2.05, 4.69) is 20.8 Å². The molecular formula is C9H11NO5. The molecule has 6 heteroatoms. The molecule has 0 saturated heterocycles. The highest BCUT2D eigenvalue weighted by molar-refractivity contribution is 5.81. The topological polar surface area (TPSA) is 85.6 Å². The summed E-state index contributed by atoms with van der Waals surface area (Å²) in [4.78, 5) is 21.4. The number of esters is 2. The number of nitrogens with zero attached hydrogens (tertiary/aromatic N) is 1. The molecule has 0 saturated carbocycles. The first kappa shape index (κ1) is 13.0. The Kier molecular flexibility index (Phi) is 7.40. The Morgan fingerprint density at radius 2 is 1.93 bits per heavy atom. The normalized spacial score (nSPS) is 8.47. The smallest absolute Gasteiger partial charge is 0.330 e. The fourth-order valence-corrected chi connectivity index (χ4v) is 0.609. The fraction of sp³-hybridized carbons (Fsp3) is 0.444. The molecule has 0 unspecified atom stereocenters. The van der Waals surface area contributed by atoms with Gasteiger partial charge in [-0.3, -0.25) is 4.79 Å². The van der Waals surface area contributed by atoms with E-state index in [4.69, 9.17) is 5.26 Å². The van der Waals surface area contributed by atoms with Crippen LogP contribution in [0.25, 0.3) is 0 Å². The van der Waals surface area contributed by atoms with Crippen molar-refractivity contribution in [1.82, 2.24) is 0 Å². The van der Waals surface area contributed by atoms with Crippen LogP contribution in [0.5, 0.6) is 0 Å². The van der Waals surface area contributed by atoms with Gasteiger partial charge in [0.25, 0.3) is 6.26 Å². The quantitative estimate of drug-likeness (QED) is 0.259. The second kappa shape index (κ2) is 8.56. The molecular weight excluding hydrogens is 202 g/mol. The van der Waals surface area contributed by atoms with E-state index < -0.39 is 11.9 Å². The van der Waals surface area contributed by atoms with Crippen molar-refractivity contribution in [2.45, 2.75) is 6.42 Å². The van der Waals surface area contributed by atoms with Gasteiger partial charge >= 0.3 is 11.9 Å². The van der Waals surface area contributed by atoms with E-state index in [1.54, 1.807) is 0 Å². The molecule has 0 rings (SSSR count). The molecule has 0 heterocycles. The van der Waals surface area contributed by atoms with E-state index >= 15 is 0 Å². The second-order valence-electron chi connectivity index (χ2n) is 2.28. The summed E-state index contributed by atoms with van der Waals surface area (Å²) in [7, 11) is 0. The summed E-state index contributed by atoms with van der Waals surface area (Å²) in [5, 5.41) is 7.99. The number of nitriles is 1. The maximum absolute atomic E-state index is 10.9. The first-order valence-corrected chi connectivity index (χ1v) is 4.16. The highest BCUT2D eigenvalue weighted by atomic mass is 16.6. The largest absolute Gasteiger partial charge is 0.462 e. The molecule has 15 heavy (non-hydrogen) atoms. The van der Waals surface area contributed by atoms with Gasteiger partial charge in [0.1, 0.15) is 19.8 Å². The zero-order valence-electron chi connectivity index (χ0n) is 8.10. The summed E-state index contributed by atoms with van der Waals surface area (Å²) < 4.78 is 13.5. The van der Waals surface area contributed by atoms with E-state index in [1.165, 1.54) is 6.26 Å². The molecule has 82 valence electrons. The van der Waals surface area contributed by atoms with Crippen LogP contribution in [0.1, 0.15) is 6.42 Å². The third kappa shape index (κ3) is 8.30. The predicted molar refractivity (Wildman–Crippen MR) is 48.3 cm³/mol. The van der Waals surface area contributed by atoms with Crippen molar-refractivity contribution in [3.8, 4) is 6.26 Å². The van der Waals surface area contributed by atoms with Crippen molar-refractivity contribution < 1.29 is 23.8 Å². The van der Waals surface area contributed by atoms with Gasteiger partial charge in [0.2, 0.25) is 0 Å². The van der Waals surface area contributed by atoms with Crippen molar-refractivity contribution >= 4 is 11.9 Å². The summed E-state index contributed by atoms with van der Waals surface area (Å²) >= 11 is 0. The van der Waals surface area contributed by atoms with Crippen molar-refractivity contribution in [3.05, 3.63) is 12.7 Å². The van der Waals surface area contributed by atoms with E-state index in [-0.39, 0.29) is 26.2 Å². The average Bonchev–Trinajstić information content (AvgIpc) is 2.24. The van der Waals surface area contributed by atoms with Gasteiger partial charge in [0.05, 0.1) is 6.42 Å². The van der Waals surface area contributed by atoms with Crippen molar-refractivity contribution in [1.29, 1.82) is 5.26 Å². The van der Waals surface area contributed by atoms with Crippen LogP contribution in [0, 0.1) is 11.5 Å². The minimum Gasteiger partial charge on any atom is -0.462 e. The first-order chi connectivity index (χ1) is 7.20. The molecule has 0 aromatic rings. The Bertz CT molecular complexity index is 268. The lowest BCUT2D eigenvalue weighted by molar-refractivity contribution is -0.150. The van der Waals surface area contributed by atoms with Crippen molar-refractivity contribution in [2.75, 3.05) is 19.8 Å². The highest BCUT2D eigenvalue weighted by Gasteiger charge is 2.03. The summed E-state index contributed by atoms with van der Waals surface area (Å²) in [6.45, 7) is 3.14. The summed E-state index contributed by atoms with van der Waals surface area (Å²) in [6, 6.07) is 0. The number of hydrogen-bond acceptors (Lipinski definition) is 6. The number of carbonyl (C=O) groups excluding carboxylic acids is 2. The Morgan fingerprint density at radius 3 is 2.53 bits per heavy atom. The van der Waals surface area contributed by atoms with Gasteiger partial charge < -0.3 is 14.2 Å². The van der Waals surface area contributed by atoms with Crippen LogP contribution < -0.4 is 0 Å². The molecule has 0 amide bonds. The van der Waals surface area contributed by atoms with Gasteiger partial charge in [-0.1, -0.05) is 6.58 Å². The van der Waals surface area contributed by atoms with Crippen LogP contribution in [-0.2, 0) is 23.8 Å². The van der Waals surface area contributed by atoms with Gasteiger partial charge in [-0.25, -0.2) is 4.79 Å². The van der Waals surface area contributed by atoms with Crippen molar-refractivity contribution in [3.63, 3.8) is 0 Å². The minimum atomic E-state index is -0.570. The predicted octanol–water partition coefficient (Wildman–Crippen LogP) is 0.147. The molecule has 0 aliphatic carbocycles. The lowest BCUT2D eigenvalue weighted by atomic mass is 10.5. The van der Waals surface area contributed by atoms with Crippen LogP contribution in [0.3, 0.4) is 0 Å². The Morgan fingerprint density at radius 1 is 1.27 bits per heavy atom. The molecule has 6 nitrogen and oxygen atoms in total. The molecule has 0 aromatic carbocycles. The third-order valence-electron chi connectivity index (χ3n) is 1.23. The van der Waals surface area contributed by atoms with E-state index in [9.17, 15) is 9.59 Å². The zero-order valence-corrected chi connectivity index (χ0v) is 8.10. The second-order valence-corrected chi connectivity index (χ2v) is 2.28. The monoisotopic (exact) mass is 213 g/mol. The average molecular weight is 213 g/mol. The van der Waals surface area contributed by atoms with Crippen LogP contribution in [0.2, 0.25) is 0 Å². The highest BCUT2D eigenvalue weighted by Crippen LogP contribution is 1.88. The molecule has 0 aliphatic rings. The summed E-state index contributed by atoms with van der Waals surface area (Å²) in [6.07, 6.45) is 2.43. The molecule has 0 aliphatic heterocycles. The fourth-order valence-electron chi connectivity index (χ4n) is 0.609. The van der Waals surface area contributed by atoms with Gasteiger partial charge in [-0.2, -0.15) is 5.26 Å². The number of rotatable bonds is 7. The molecule has 0 atom stereocenters. The Hall–Kier alpha value is -2.03. The molecule has 0 fully saturated rings. The molecule has 0 N–H and O–H groups in total. The van der Waals surface area contributed by atoms with Crippen LogP contribution in [0.4, 0.5) is 0 Å². The minimum absolute atomic E-state index is 0.0109. The SMILES string of the molecule is C=CC(=O)OCCOC(=O)CCOC#N. The summed E-state index contributed by atoms with van der Waals surface area (Å²) in [5.41, 5.74) is 0. The maximum Gasteiger partial charge on any atom is 0.330 e. The third-order valence-corrected chi connectivity index (χ3v) is 1.23. The number of carbonyl (C=O) groups is 2. The van der Waals surface area contributed by atoms with Crippen LogP contribution >= 0.6 is 0 Å². The van der Waals surface area contributed by atoms with E-state index in [0.717, 1.165) is 6.08 Å². The van der Waals surface area contributed by atoms with Gasteiger partial charge in [0.15, 0.2) is 0 Å².